The number of phenols is 1. The molecule has 3 aromatic rings. The molecule has 0 aliphatic carbocycles. The van der Waals surface area contributed by atoms with E-state index in [1.807, 2.05) is 0 Å². The first kappa shape index (κ1) is 16.2. The molecule has 0 unspecified atom stereocenters. The topological polar surface area (TPSA) is 54.4 Å². The minimum absolute atomic E-state index is 0.00582. The quantitative estimate of drug-likeness (QED) is 0.770. The highest BCUT2D eigenvalue weighted by Gasteiger charge is 2.22. The van der Waals surface area contributed by atoms with Gasteiger partial charge in [0.05, 0.1) is 9.79 Å². The normalized spacial score (nSPS) is 11.4. The highest BCUT2D eigenvalue weighted by Crippen LogP contribution is 2.36. The summed E-state index contributed by atoms with van der Waals surface area (Å²) >= 11 is 0. The summed E-state index contributed by atoms with van der Waals surface area (Å²) in [5, 5.41) is 10.3. The molecule has 24 heavy (non-hydrogen) atoms. The molecule has 0 aliphatic rings. The van der Waals surface area contributed by atoms with Gasteiger partial charge in [-0.05, 0) is 42.8 Å². The number of rotatable bonds is 3. The van der Waals surface area contributed by atoms with Crippen LogP contribution in [0.1, 0.15) is 5.56 Å². The van der Waals surface area contributed by atoms with Gasteiger partial charge >= 0.3 is 0 Å². The average molecular weight is 342 g/mol. The molecule has 0 amide bonds. The van der Waals surface area contributed by atoms with E-state index in [1.165, 1.54) is 36.4 Å². The van der Waals surface area contributed by atoms with Crippen LogP contribution in [0.5, 0.6) is 5.75 Å². The predicted molar refractivity (Wildman–Crippen MR) is 90.1 cm³/mol. The van der Waals surface area contributed by atoms with Crippen molar-refractivity contribution in [3.8, 4) is 16.9 Å². The second kappa shape index (κ2) is 6.09. The standard InChI is InChI=1S/C19H15FO3S/c1-13-11-16(15-9-5-6-10-17(15)20)18(21)12-19(13)24(22,23)14-7-3-2-4-8-14/h2-12,21H,1H3. The van der Waals surface area contributed by atoms with E-state index in [9.17, 15) is 17.9 Å². The number of halogens is 1. The molecule has 1 N–H and O–H groups in total. The Bertz CT molecular complexity index is 996. The number of aromatic hydroxyl groups is 1. The highest BCUT2D eigenvalue weighted by molar-refractivity contribution is 7.91. The number of aryl methyl sites for hydroxylation is 1. The summed E-state index contributed by atoms with van der Waals surface area (Å²) < 4.78 is 39.4. The molecule has 0 aliphatic heterocycles. The Morgan fingerprint density at radius 3 is 2.17 bits per heavy atom. The number of phenolic OH excluding ortho intramolecular Hbond substituents is 1. The van der Waals surface area contributed by atoms with Crippen molar-refractivity contribution in [2.45, 2.75) is 16.7 Å². The average Bonchev–Trinajstić information content (AvgIpc) is 2.58. The van der Waals surface area contributed by atoms with Gasteiger partial charge in [-0.25, -0.2) is 12.8 Å². The lowest BCUT2D eigenvalue weighted by Crippen LogP contribution is -2.04. The van der Waals surface area contributed by atoms with E-state index in [4.69, 9.17) is 0 Å². The number of benzene rings is 3. The molecule has 0 spiro atoms. The van der Waals surface area contributed by atoms with Crippen LogP contribution in [0.15, 0.2) is 76.5 Å². The first-order valence-corrected chi connectivity index (χ1v) is 8.78. The molecule has 0 saturated carbocycles. The van der Waals surface area contributed by atoms with Crippen LogP contribution in [0.25, 0.3) is 11.1 Å². The van der Waals surface area contributed by atoms with E-state index in [1.54, 1.807) is 37.3 Å². The Kier molecular flexibility index (Phi) is 4.11. The highest BCUT2D eigenvalue weighted by atomic mass is 32.2. The lowest BCUT2D eigenvalue weighted by Gasteiger charge is -2.12. The summed E-state index contributed by atoms with van der Waals surface area (Å²) in [4.78, 5) is 0.150. The maximum absolute atomic E-state index is 14.0. The smallest absolute Gasteiger partial charge is 0.206 e. The number of hydrogen-bond acceptors (Lipinski definition) is 3. The van der Waals surface area contributed by atoms with E-state index >= 15 is 0 Å². The van der Waals surface area contributed by atoms with E-state index in [0.717, 1.165) is 0 Å². The summed E-state index contributed by atoms with van der Waals surface area (Å²) in [5.41, 5.74) is 0.925. The summed E-state index contributed by atoms with van der Waals surface area (Å²) in [7, 11) is -3.75. The zero-order valence-corrected chi connectivity index (χ0v) is 13.7. The van der Waals surface area contributed by atoms with Crippen LogP contribution in [0, 0.1) is 12.7 Å². The van der Waals surface area contributed by atoms with E-state index in [0.29, 0.717) is 5.56 Å². The molecule has 0 heterocycles. The number of hydrogen-bond donors (Lipinski definition) is 1. The van der Waals surface area contributed by atoms with E-state index in [2.05, 4.69) is 0 Å². The van der Waals surface area contributed by atoms with Gasteiger partial charge in [0.2, 0.25) is 9.84 Å². The monoisotopic (exact) mass is 342 g/mol. The molecule has 0 radical (unpaired) electrons. The molecule has 0 saturated heterocycles. The summed E-state index contributed by atoms with van der Waals surface area (Å²) in [6.07, 6.45) is 0. The van der Waals surface area contributed by atoms with Gasteiger partial charge in [0.1, 0.15) is 11.6 Å². The lowest BCUT2D eigenvalue weighted by molar-refractivity contribution is 0.474. The minimum Gasteiger partial charge on any atom is -0.507 e. The van der Waals surface area contributed by atoms with Gasteiger partial charge in [0, 0.05) is 11.1 Å². The van der Waals surface area contributed by atoms with Crippen LogP contribution in [-0.4, -0.2) is 13.5 Å². The molecular weight excluding hydrogens is 327 g/mol. The molecule has 122 valence electrons. The maximum atomic E-state index is 14.0. The van der Waals surface area contributed by atoms with Gasteiger partial charge in [-0.15, -0.1) is 0 Å². The lowest BCUT2D eigenvalue weighted by atomic mass is 10.0. The predicted octanol–water partition coefficient (Wildman–Crippen LogP) is 4.34. The second-order valence-electron chi connectivity index (χ2n) is 5.43. The number of sulfone groups is 1. The van der Waals surface area contributed by atoms with Gasteiger partial charge < -0.3 is 5.11 Å². The molecule has 5 heteroatoms. The van der Waals surface area contributed by atoms with E-state index < -0.39 is 15.7 Å². The molecule has 0 bridgehead atoms. The van der Waals surface area contributed by atoms with Crippen molar-refractivity contribution in [1.82, 2.24) is 0 Å². The molecule has 0 fully saturated rings. The van der Waals surface area contributed by atoms with Gasteiger partial charge in [0.15, 0.2) is 0 Å². The zero-order valence-electron chi connectivity index (χ0n) is 12.9. The Labute approximate surface area is 139 Å². The molecular formula is C19H15FO3S. The third kappa shape index (κ3) is 2.78. The van der Waals surface area contributed by atoms with Gasteiger partial charge in [-0.3, -0.25) is 0 Å². The van der Waals surface area contributed by atoms with E-state index in [-0.39, 0.29) is 26.7 Å². The van der Waals surface area contributed by atoms with Crippen molar-refractivity contribution < 1.29 is 17.9 Å². The third-order valence-electron chi connectivity index (χ3n) is 3.80. The Morgan fingerprint density at radius 1 is 0.875 bits per heavy atom. The third-order valence-corrected chi connectivity index (χ3v) is 5.71. The first-order valence-electron chi connectivity index (χ1n) is 7.30. The summed E-state index contributed by atoms with van der Waals surface area (Å²) in [6, 6.07) is 16.7. The SMILES string of the molecule is Cc1cc(-c2ccccc2F)c(O)cc1S(=O)(=O)c1ccccc1. The fourth-order valence-electron chi connectivity index (χ4n) is 2.59. The molecule has 3 rings (SSSR count). The van der Waals surface area contributed by atoms with Crippen LogP contribution >= 0.6 is 0 Å². The Balaban J connectivity index is 2.17. The van der Waals surface area contributed by atoms with Crippen LogP contribution in [0.2, 0.25) is 0 Å². The molecule has 3 aromatic carbocycles. The second-order valence-corrected chi connectivity index (χ2v) is 7.35. The van der Waals surface area contributed by atoms with Gasteiger partial charge in [0.25, 0.3) is 0 Å². The zero-order chi connectivity index (χ0) is 17.3. The van der Waals surface area contributed by atoms with Crippen molar-refractivity contribution in [2.75, 3.05) is 0 Å². The summed E-state index contributed by atoms with van der Waals surface area (Å²) in [5.74, 6) is -0.758. The first-order chi connectivity index (χ1) is 11.4. The van der Waals surface area contributed by atoms with Crippen LogP contribution in [0.4, 0.5) is 4.39 Å². The van der Waals surface area contributed by atoms with Gasteiger partial charge in [-0.2, -0.15) is 0 Å². The minimum atomic E-state index is -3.75. The van der Waals surface area contributed by atoms with Crippen molar-refractivity contribution in [2.24, 2.45) is 0 Å². The van der Waals surface area contributed by atoms with Crippen LogP contribution in [-0.2, 0) is 9.84 Å². The van der Waals surface area contributed by atoms with Crippen molar-refractivity contribution in [3.05, 3.63) is 78.1 Å². The van der Waals surface area contributed by atoms with Crippen molar-refractivity contribution >= 4 is 9.84 Å². The Hall–Kier alpha value is -2.66. The molecule has 0 atom stereocenters. The molecule has 3 nitrogen and oxygen atoms in total. The van der Waals surface area contributed by atoms with Gasteiger partial charge in [-0.1, -0.05) is 36.4 Å². The van der Waals surface area contributed by atoms with Crippen LogP contribution in [0.3, 0.4) is 0 Å². The summed E-state index contributed by atoms with van der Waals surface area (Å²) in [6.45, 7) is 1.62. The fraction of sp³-hybridized carbons (Fsp3) is 0.0526. The van der Waals surface area contributed by atoms with Crippen molar-refractivity contribution in [1.29, 1.82) is 0 Å². The Morgan fingerprint density at radius 2 is 1.50 bits per heavy atom. The van der Waals surface area contributed by atoms with Crippen molar-refractivity contribution in [3.63, 3.8) is 0 Å². The van der Waals surface area contributed by atoms with Crippen LogP contribution < -0.4 is 0 Å². The largest absolute Gasteiger partial charge is 0.507 e. The molecule has 0 aromatic heterocycles. The maximum Gasteiger partial charge on any atom is 0.206 e. The fourth-order valence-corrected chi connectivity index (χ4v) is 4.11.